The predicted molar refractivity (Wildman–Crippen MR) is 115 cm³/mol. The van der Waals surface area contributed by atoms with Gasteiger partial charge in [0.15, 0.2) is 29.1 Å². The van der Waals surface area contributed by atoms with Gasteiger partial charge < -0.3 is 40.1 Å². The van der Waals surface area contributed by atoms with Gasteiger partial charge in [-0.3, -0.25) is 0 Å². The van der Waals surface area contributed by atoms with Crippen molar-refractivity contribution in [2.45, 2.75) is 18.6 Å². The zero-order valence-corrected chi connectivity index (χ0v) is 17.0. The van der Waals surface area contributed by atoms with E-state index in [4.69, 9.17) is 9.47 Å². The van der Waals surface area contributed by atoms with Crippen LogP contribution in [0.2, 0.25) is 0 Å². The molecule has 0 bridgehead atoms. The maximum Gasteiger partial charge on any atom is 0.331 e. The second kappa shape index (κ2) is 8.54. The summed E-state index contributed by atoms with van der Waals surface area (Å²) in [6, 6.07) is 10.5. The van der Waals surface area contributed by atoms with E-state index >= 15 is 0 Å². The molecule has 2 atom stereocenters. The van der Waals surface area contributed by atoms with Crippen molar-refractivity contribution in [3.05, 3.63) is 71.3 Å². The van der Waals surface area contributed by atoms with Crippen molar-refractivity contribution < 1.29 is 44.9 Å². The van der Waals surface area contributed by atoms with E-state index in [2.05, 4.69) is 0 Å². The summed E-state index contributed by atoms with van der Waals surface area (Å²) in [4.78, 5) is 12.5. The Kier molecular flexibility index (Phi) is 5.61. The van der Waals surface area contributed by atoms with E-state index in [9.17, 15) is 35.4 Å². The standard InChI is InChI=1S/C24H20O9/c25-14-9-18(28)15-11-22(32-23(31)6-2-12-1-4-16(26)19(29)7-12)24(33-21(15)10-14)13-3-5-17(27)20(30)8-13/h1-10,22,24-30H,11H2. The van der Waals surface area contributed by atoms with E-state index in [0.29, 0.717) is 16.7 Å². The van der Waals surface area contributed by atoms with Crippen molar-refractivity contribution in [2.24, 2.45) is 0 Å². The number of aromatic hydroxyl groups is 6. The number of carbonyl (C=O) groups excluding carboxylic acids is 1. The minimum absolute atomic E-state index is 0.0489. The maximum absolute atomic E-state index is 12.5. The number of benzene rings is 3. The Morgan fingerprint density at radius 3 is 2.24 bits per heavy atom. The number of carbonyl (C=O) groups is 1. The number of fused-ring (bicyclic) bond motifs is 1. The van der Waals surface area contributed by atoms with Crippen molar-refractivity contribution in [2.75, 3.05) is 0 Å². The van der Waals surface area contributed by atoms with Gasteiger partial charge in [0.25, 0.3) is 0 Å². The van der Waals surface area contributed by atoms with Gasteiger partial charge in [0.2, 0.25) is 0 Å². The highest BCUT2D eigenvalue weighted by molar-refractivity contribution is 5.87. The van der Waals surface area contributed by atoms with Crippen molar-refractivity contribution in [1.29, 1.82) is 0 Å². The highest BCUT2D eigenvalue weighted by Gasteiger charge is 2.36. The Bertz CT molecular complexity index is 1250. The van der Waals surface area contributed by atoms with Crippen LogP contribution in [-0.4, -0.2) is 42.7 Å². The number of hydrogen-bond acceptors (Lipinski definition) is 9. The summed E-state index contributed by atoms with van der Waals surface area (Å²) in [5.41, 5.74) is 1.17. The first-order valence-corrected chi connectivity index (χ1v) is 9.85. The lowest BCUT2D eigenvalue weighted by Gasteiger charge is -2.33. The lowest BCUT2D eigenvalue weighted by molar-refractivity contribution is -0.149. The Hall–Kier alpha value is -4.53. The smallest absolute Gasteiger partial charge is 0.331 e. The zero-order valence-electron chi connectivity index (χ0n) is 17.0. The first-order chi connectivity index (χ1) is 15.7. The van der Waals surface area contributed by atoms with Crippen molar-refractivity contribution in [1.82, 2.24) is 0 Å². The van der Waals surface area contributed by atoms with E-state index < -0.39 is 23.9 Å². The van der Waals surface area contributed by atoms with Crippen LogP contribution in [0.15, 0.2) is 54.6 Å². The van der Waals surface area contributed by atoms with Crippen LogP contribution in [0.3, 0.4) is 0 Å². The lowest BCUT2D eigenvalue weighted by atomic mass is 9.93. The molecule has 33 heavy (non-hydrogen) atoms. The predicted octanol–water partition coefficient (Wildman–Crippen LogP) is 3.22. The van der Waals surface area contributed by atoms with Gasteiger partial charge >= 0.3 is 5.97 Å². The van der Waals surface area contributed by atoms with Gasteiger partial charge in [0.1, 0.15) is 23.4 Å². The van der Waals surface area contributed by atoms with E-state index in [0.717, 1.165) is 12.1 Å². The molecule has 1 aliphatic rings. The van der Waals surface area contributed by atoms with Crippen molar-refractivity contribution in [3.8, 4) is 40.2 Å². The summed E-state index contributed by atoms with van der Waals surface area (Å²) in [6.07, 6.45) is 0.717. The molecule has 1 aliphatic heterocycles. The van der Waals surface area contributed by atoms with Gasteiger partial charge in [-0.1, -0.05) is 12.1 Å². The molecular formula is C24H20O9. The summed E-state index contributed by atoms with van der Waals surface area (Å²) in [6.45, 7) is 0. The van der Waals surface area contributed by atoms with Crippen LogP contribution in [0, 0.1) is 0 Å². The Morgan fingerprint density at radius 1 is 0.848 bits per heavy atom. The van der Waals surface area contributed by atoms with Crippen LogP contribution in [0.1, 0.15) is 22.8 Å². The van der Waals surface area contributed by atoms with E-state index in [1.807, 2.05) is 0 Å². The normalized spacial score (nSPS) is 17.3. The molecule has 170 valence electrons. The van der Waals surface area contributed by atoms with Crippen molar-refractivity contribution in [3.63, 3.8) is 0 Å². The van der Waals surface area contributed by atoms with Crippen LogP contribution in [0.4, 0.5) is 0 Å². The molecule has 3 aromatic rings. The first-order valence-electron chi connectivity index (χ1n) is 9.85. The van der Waals surface area contributed by atoms with Gasteiger partial charge in [-0.25, -0.2) is 4.79 Å². The molecule has 0 aliphatic carbocycles. The molecule has 4 rings (SSSR count). The SMILES string of the molecule is O=C(C=Cc1ccc(O)c(O)c1)OC1Cc2c(O)cc(O)cc2OC1c1ccc(O)c(O)c1. The third kappa shape index (κ3) is 4.57. The summed E-state index contributed by atoms with van der Waals surface area (Å²) in [7, 11) is 0. The molecule has 0 saturated carbocycles. The highest BCUT2D eigenvalue weighted by atomic mass is 16.6. The first kappa shape index (κ1) is 21.7. The van der Waals surface area contributed by atoms with Crippen LogP contribution >= 0.6 is 0 Å². The van der Waals surface area contributed by atoms with Gasteiger partial charge in [-0.2, -0.15) is 0 Å². The largest absolute Gasteiger partial charge is 0.508 e. The van der Waals surface area contributed by atoms with Crippen molar-refractivity contribution >= 4 is 12.0 Å². The molecular weight excluding hydrogens is 432 g/mol. The number of hydrogen-bond donors (Lipinski definition) is 6. The molecule has 1 heterocycles. The summed E-state index contributed by atoms with van der Waals surface area (Å²) in [5.74, 6) is -2.36. The molecule has 0 fully saturated rings. The molecule has 6 N–H and O–H groups in total. The van der Waals surface area contributed by atoms with Crippen LogP contribution in [0.25, 0.3) is 6.08 Å². The molecule has 0 aromatic heterocycles. The second-order valence-corrected chi connectivity index (χ2v) is 7.49. The average molecular weight is 452 g/mol. The fourth-order valence-corrected chi connectivity index (χ4v) is 3.55. The van der Waals surface area contributed by atoms with Gasteiger partial charge in [-0.05, 0) is 35.9 Å². The summed E-state index contributed by atoms with van der Waals surface area (Å²) in [5, 5.41) is 58.5. The third-order valence-corrected chi connectivity index (χ3v) is 5.17. The van der Waals surface area contributed by atoms with Gasteiger partial charge in [0.05, 0.1) is 0 Å². The Labute approximate surface area is 187 Å². The highest BCUT2D eigenvalue weighted by Crippen LogP contribution is 2.43. The number of ether oxygens (including phenoxy) is 2. The molecule has 0 spiro atoms. The van der Waals surface area contributed by atoms with Crippen LogP contribution < -0.4 is 4.74 Å². The average Bonchev–Trinajstić information content (AvgIpc) is 2.76. The molecule has 0 radical (unpaired) electrons. The molecule has 3 aromatic carbocycles. The maximum atomic E-state index is 12.5. The number of rotatable bonds is 4. The Morgan fingerprint density at radius 2 is 1.55 bits per heavy atom. The van der Waals surface area contributed by atoms with E-state index in [-0.39, 0.29) is 40.9 Å². The minimum Gasteiger partial charge on any atom is -0.508 e. The zero-order chi connectivity index (χ0) is 23.7. The minimum atomic E-state index is -0.928. The number of esters is 1. The fraction of sp³-hybridized carbons (Fsp3) is 0.125. The number of phenols is 6. The summed E-state index contributed by atoms with van der Waals surface area (Å²) >= 11 is 0. The molecule has 9 heteroatoms. The van der Waals surface area contributed by atoms with Crippen LogP contribution in [-0.2, 0) is 16.0 Å². The van der Waals surface area contributed by atoms with Gasteiger partial charge in [-0.15, -0.1) is 0 Å². The van der Waals surface area contributed by atoms with E-state index in [1.165, 1.54) is 48.5 Å². The van der Waals surface area contributed by atoms with E-state index in [1.54, 1.807) is 0 Å². The topological polar surface area (TPSA) is 157 Å². The second-order valence-electron chi connectivity index (χ2n) is 7.49. The Balaban J connectivity index is 1.62. The molecule has 0 amide bonds. The quantitative estimate of drug-likeness (QED) is 0.199. The monoisotopic (exact) mass is 452 g/mol. The molecule has 0 saturated heterocycles. The molecule has 2 unspecified atom stereocenters. The third-order valence-electron chi connectivity index (χ3n) is 5.17. The molecule has 9 nitrogen and oxygen atoms in total. The lowest BCUT2D eigenvalue weighted by Crippen LogP contribution is -2.34. The number of phenolic OH excluding ortho intramolecular Hbond substituents is 6. The fourth-order valence-electron chi connectivity index (χ4n) is 3.55. The van der Waals surface area contributed by atoms with Gasteiger partial charge in [0, 0.05) is 35.8 Å². The van der Waals surface area contributed by atoms with Crippen LogP contribution in [0.5, 0.6) is 40.2 Å². The summed E-state index contributed by atoms with van der Waals surface area (Å²) < 4.78 is 11.5.